The molecule has 7 heteroatoms. The molecule has 2 heterocycles. The van der Waals surface area contributed by atoms with Crippen LogP contribution in [-0.4, -0.2) is 25.8 Å². The minimum Gasteiger partial charge on any atom is -0.369 e. The van der Waals surface area contributed by atoms with Gasteiger partial charge in [-0.15, -0.1) is 6.42 Å². The van der Waals surface area contributed by atoms with E-state index in [1.807, 2.05) is 30.3 Å². The number of methoxy groups -OCH3 is 1. The number of benzene rings is 1. The van der Waals surface area contributed by atoms with Gasteiger partial charge in [-0.25, -0.2) is 9.78 Å². The lowest BCUT2D eigenvalue weighted by molar-refractivity contribution is 0.126. The van der Waals surface area contributed by atoms with Gasteiger partial charge < -0.3 is 9.30 Å². The molecule has 0 aliphatic rings. The van der Waals surface area contributed by atoms with Crippen LogP contribution in [0.1, 0.15) is 17.5 Å². The lowest BCUT2D eigenvalue weighted by Crippen LogP contribution is -2.37. The summed E-state index contributed by atoms with van der Waals surface area (Å²) in [5.74, 6) is 3.03. The van der Waals surface area contributed by atoms with Gasteiger partial charge in [-0.2, -0.15) is 0 Å². The number of fused-ring (bicyclic) bond motifs is 1. The summed E-state index contributed by atoms with van der Waals surface area (Å²) < 4.78 is 9.65. The van der Waals surface area contributed by atoms with E-state index in [2.05, 4.69) is 10.9 Å². The molecule has 0 saturated carbocycles. The van der Waals surface area contributed by atoms with Crippen molar-refractivity contribution < 1.29 is 4.74 Å². The highest BCUT2D eigenvalue weighted by Crippen LogP contribution is 2.26. The van der Waals surface area contributed by atoms with E-state index < -0.39 is 17.4 Å². The highest BCUT2D eigenvalue weighted by Gasteiger charge is 2.25. The Labute approximate surface area is 144 Å². The van der Waals surface area contributed by atoms with Gasteiger partial charge in [0.05, 0.1) is 6.54 Å². The molecular formula is C18H18N4O3. The van der Waals surface area contributed by atoms with Crippen LogP contribution >= 0.6 is 0 Å². The number of hydrogen-bond donors (Lipinski definition) is 0. The maximum Gasteiger partial charge on any atom is 0.332 e. The van der Waals surface area contributed by atoms with Gasteiger partial charge in [0.1, 0.15) is 11.9 Å². The van der Waals surface area contributed by atoms with E-state index in [1.54, 1.807) is 18.7 Å². The van der Waals surface area contributed by atoms with Crippen LogP contribution in [0.3, 0.4) is 0 Å². The van der Waals surface area contributed by atoms with Gasteiger partial charge in [0.2, 0.25) is 0 Å². The fourth-order valence-corrected chi connectivity index (χ4v) is 2.93. The summed E-state index contributed by atoms with van der Waals surface area (Å²) in [5.41, 5.74) is 0.574. The first-order valence-electron chi connectivity index (χ1n) is 7.68. The zero-order valence-electron chi connectivity index (χ0n) is 14.3. The first kappa shape index (κ1) is 16.7. The summed E-state index contributed by atoms with van der Waals surface area (Å²) in [6.45, 7) is 0.145. The topological polar surface area (TPSA) is 71.1 Å². The van der Waals surface area contributed by atoms with Gasteiger partial charge in [0.25, 0.3) is 5.56 Å². The molecule has 0 unspecified atom stereocenters. The van der Waals surface area contributed by atoms with Crippen molar-refractivity contribution in [3.63, 3.8) is 0 Å². The van der Waals surface area contributed by atoms with Gasteiger partial charge in [-0.1, -0.05) is 36.3 Å². The molecule has 3 rings (SSSR count). The molecule has 7 nitrogen and oxygen atoms in total. The van der Waals surface area contributed by atoms with Gasteiger partial charge in [-0.05, 0) is 5.56 Å². The van der Waals surface area contributed by atoms with Crippen LogP contribution in [-0.2, 0) is 25.4 Å². The van der Waals surface area contributed by atoms with E-state index in [-0.39, 0.29) is 17.7 Å². The summed E-state index contributed by atoms with van der Waals surface area (Å²) in [4.78, 5) is 29.4. The maximum absolute atomic E-state index is 12.6. The van der Waals surface area contributed by atoms with Gasteiger partial charge >= 0.3 is 5.69 Å². The minimum atomic E-state index is -0.512. The average Bonchev–Trinajstić information content (AvgIpc) is 2.99. The summed E-state index contributed by atoms with van der Waals surface area (Å²) in [6, 6.07) is 9.50. The molecule has 0 bridgehead atoms. The number of aryl methyl sites for hydroxylation is 1. The highest BCUT2D eigenvalue weighted by molar-refractivity contribution is 5.71. The van der Waals surface area contributed by atoms with Crippen molar-refractivity contribution in [2.75, 3.05) is 7.11 Å². The predicted octanol–water partition coefficient (Wildman–Crippen LogP) is 0.803. The third kappa shape index (κ3) is 2.57. The van der Waals surface area contributed by atoms with Gasteiger partial charge in [-0.3, -0.25) is 13.9 Å². The Bertz CT molecular complexity index is 1080. The normalized spacial score (nSPS) is 12.2. The van der Waals surface area contributed by atoms with Gasteiger partial charge in [0, 0.05) is 21.2 Å². The van der Waals surface area contributed by atoms with E-state index in [0.717, 1.165) is 10.1 Å². The fourth-order valence-electron chi connectivity index (χ4n) is 2.93. The molecule has 2 aromatic heterocycles. The lowest BCUT2D eigenvalue weighted by atomic mass is 10.1. The SMILES string of the molecule is C#CCn1c([C@@H](OC)c2ccccc2)nc2c1c(=O)n(C)c(=O)n2C. The smallest absolute Gasteiger partial charge is 0.332 e. The van der Waals surface area contributed by atoms with E-state index in [4.69, 9.17) is 11.2 Å². The number of terminal acetylenes is 1. The molecular weight excluding hydrogens is 320 g/mol. The molecule has 0 amide bonds. The predicted molar refractivity (Wildman–Crippen MR) is 94.3 cm³/mol. The minimum absolute atomic E-state index is 0.145. The Morgan fingerprint density at radius 3 is 2.48 bits per heavy atom. The Hall–Kier alpha value is -3.11. The monoisotopic (exact) mass is 338 g/mol. The average molecular weight is 338 g/mol. The first-order chi connectivity index (χ1) is 12.0. The van der Waals surface area contributed by atoms with Crippen molar-refractivity contribution in [1.29, 1.82) is 0 Å². The van der Waals surface area contributed by atoms with Crippen LogP contribution in [0.5, 0.6) is 0 Å². The molecule has 0 aliphatic heterocycles. The Kier molecular flexibility index (Phi) is 4.30. The van der Waals surface area contributed by atoms with Crippen LogP contribution in [0, 0.1) is 12.3 Å². The standard InChI is InChI=1S/C18H18N4O3/c1-5-11-22-13-15(20(2)18(24)21(3)17(13)23)19-16(22)14(25-4)12-9-7-6-8-10-12/h1,6-10,14H,11H2,2-4H3/t14-/m0/s1. The van der Waals surface area contributed by atoms with Crippen molar-refractivity contribution >= 4 is 11.2 Å². The number of imidazole rings is 1. The van der Waals surface area contributed by atoms with Crippen LogP contribution < -0.4 is 11.2 Å². The molecule has 0 saturated heterocycles. The van der Waals surface area contributed by atoms with Crippen LogP contribution in [0.2, 0.25) is 0 Å². The third-order valence-corrected chi connectivity index (χ3v) is 4.20. The molecule has 0 aliphatic carbocycles. The second-order valence-electron chi connectivity index (χ2n) is 5.66. The zero-order valence-corrected chi connectivity index (χ0v) is 14.3. The lowest BCUT2D eigenvalue weighted by Gasteiger charge is -2.16. The first-order valence-corrected chi connectivity index (χ1v) is 7.68. The summed E-state index contributed by atoms with van der Waals surface area (Å²) in [7, 11) is 4.57. The third-order valence-electron chi connectivity index (χ3n) is 4.20. The molecule has 0 fully saturated rings. The second-order valence-corrected chi connectivity index (χ2v) is 5.66. The zero-order chi connectivity index (χ0) is 18.1. The second kappa shape index (κ2) is 6.42. The number of hydrogen-bond acceptors (Lipinski definition) is 4. The molecule has 25 heavy (non-hydrogen) atoms. The molecule has 0 radical (unpaired) electrons. The van der Waals surface area contributed by atoms with E-state index in [9.17, 15) is 9.59 Å². The fraction of sp³-hybridized carbons (Fsp3) is 0.278. The van der Waals surface area contributed by atoms with E-state index in [0.29, 0.717) is 5.82 Å². The summed E-state index contributed by atoms with van der Waals surface area (Å²) in [5, 5.41) is 0. The van der Waals surface area contributed by atoms with Crippen LogP contribution in [0.25, 0.3) is 11.2 Å². The molecule has 0 N–H and O–H groups in total. The number of ether oxygens (including phenoxy) is 1. The van der Waals surface area contributed by atoms with Crippen molar-refractivity contribution in [3.05, 3.63) is 62.6 Å². The largest absolute Gasteiger partial charge is 0.369 e. The number of aromatic nitrogens is 4. The summed E-state index contributed by atoms with van der Waals surface area (Å²) >= 11 is 0. The molecule has 3 aromatic rings. The van der Waals surface area contributed by atoms with Crippen molar-refractivity contribution in [2.45, 2.75) is 12.6 Å². The molecule has 128 valence electrons. The Morgan fingerprint density at radius 1 is 1.20 bits per heavy atom. The number of rotatable bonds is 4. The molecule has 1 atom stereocenters. The Morgan fingerprint density at radius 2 is 1.88 bits per heavy atom. The van der Waals surface area contributed by atoms with E-state index in [1.165, 1.54) is 11.6 Å². The summed E-state index contributed by atoms with van der Waals surface area (Å²) in [6.07, 6.45) is 4.99. The van der Waals surface area contributed by atoms with Crippen molar-refractivity contribution in [3.8, 4) is 12.3 Å². The quantitative estimate of drug-likeness (QED) is 0.660. The maximum atomic E-state index is 12.6. The Balaban J connectivity index is 2.40. The highest BCUT2D eigenvalue weighted by atomic mass is 16.5. The molecule has 0 spiro atoms. The van der Waals surface area contributed by atoms with Crippen LogP contribution in [0.15, 0.2) is 39.9 Å². The van der Waals surface area contributed by atoms with Crippen molar-refractivity contribution in [2.24, 2.45) is 14.1 Å². The van der Waals surface area contributed by atoms with E-state index >= 15 is 0 Å². The van der Waals surface area contributed by atoms with Crippen LogP contribution in [0.4, 0.5) is 0 Å². The molecule has 1 aromatic carbocycles. The van der Waals surface area contributed by atoms with Gasteiger partial charge in [0.15, 0.2) is 11.2 Å². The van der Waals surface area contributed by atoms with Crippen molar-refractivity contribution in [1.82, 2.24) is 18.7 Å². The number of nitrogens with zero attached hydrogens (tertiary/aromatic N) is 4.